The highest BCUT2D eigenvalue weighted by Crippen LogP contribution is 2.21. The molecule has 0 aromatic carbocycles. The molecule has 1 aliphatic heterocycles. The molecular formula is C15H30N2O. The molecule has 1 rings (SSSR count). The third kappa shape index (κ3) is 7.00. The van der Waals surface area contributed by atoms with Crippen molar-refractivity contribution in [2.45, 2.75) is 65.8 Å². The van der Waals surface area contributed by atoms with Crippen molar-refractivity contribution in [3.8, 4) is 0 Å². The van der Waals surface area contributed by atoms with Gasteiger partial charge in [-0.25, -0.2) is 0 Å². The van der Waals surface area contributed by atoms with Gasteiger partial charge >= 0.3 is 0 Å². The number of carbonyl (C=O) groups is 1. The van der Waals surface area contributed by atoms with Crippen molar-refractivity contribution >= 4 is 5.91 Å². The fraction of sp³-hybridized carbons (Fsp3) is 0.933. The van der Waals surface area contributed by atoms with Gasteiger partial charge in [0.15, 0.2) is 0 Å². The minimum absolute atomic E-state index is 0.225. The highest BCUT2D eigenvalue weighted by atomic mass is 16.1. The lowest BCUT2D eigenvalue weighted by atomic mass is 9.89. The Bertz CT molecular complexity index is 252. The first-order valence-corrected chi connectivity index (χ1v) is 7.37. The molecule has 2 N–H and O–H groups in total. The molecule has 106 valence electrons. The summed E-state index contributed by atoms with van der Waals surface area (Å²) in [5.41, 5.74) is 0.356. The van der Waals surface area contributed by atoms with Gasteiger partial charge in [-0.2, -0.15) is 0 Å². The van der Waals surface area contributed by atoms with Gasteiger partial charge in [0.1, 0.15) is 0 Å². The highest BCUT2D eigenvalue weighted by molar-refractivity contribution is 5.76. The van der Waals surface area contributed by atoms with Crippen LogP contribution in [-0.2, 0) is 4.79 Å². The van der Waals surface area contributed by atoms with E-state index >= 15 is 0 Å². The van der Waals surface area contributed by atoms with Gasteiger partial charge in [0, 0.05) is 12.5 Å². The zero-order valence-electron chi connectivity index (χ0n) is 12.5. The monoisotopic (exact) mass is 254 g/mol. The van der Waals surface area contributed by atoms with Gasteiger partial charge in [-0.15, -0.1) is 0 Å². The largest absolute Gasteiger partial charge is 0.354 e. The van der Waals surface area contributed by atoms with Crippen LogP contribution in [0, 0.1) is 11.3 Å². The van der Waals surface area contributed by atoms with Crippen LogP contribution in [0.4, 0.5) is 0 Å². The lowest BCUT2D eigenvalue weighted by Gasteiger charge is -2.21. The van der Waals surface area contributed by atoms with Crippen molar-refractivity contribution in [1.29, 1.82) is 0 Å². The average molecular weight is 254 g/mol. The van der Waals surface area contributed by atoms with Crippen LogP contribution in [0.5, 0.6) is 0 Å². The molecule has 2 atom stereocenters. The zero-order chi connectivity index (χ0) is 13.6. The predicted molar refractivity (Wildman–Crippen MR) is 76.5 cm³/mol. The molecule has 1 fully saturated rings. The minimum atomic E-state index is 0.225. The Morgan fingerprint density at radius 1 is 1.44 bits per heavy atom. The van der Waals surface area contributed by atoms with Crippen LogP contribution >= 0.6 is 0 Å². The van der Waals surface area contributed by atoms with Crippen LogP contribution in [0.3, 0.4) is 0 Å². The summed E-state index contributed by atoms with van der Waals surface area (Å²) in [6, 6.07) is 0.304. The van der Waals surface area contributed by atoms with Gasteiger partial charge in [-0.3, -0.25) is 4.79 Å². The van der Waals surface area contributed by atoms with Gasteiger partial charge in [0.2, 0.25) is 5.91 Å². The maximum absolute atomic E-state index is 11.8. The second-order valence-electron chi connectivity index (χ2n) is 6.97. The van der Waals surface area contributed by atoms with E-state index < -0.39 is 0 Å². The molecule has 0 aliphatic carbocycles. The average Bonchev–Trinajstić information content (AvgIpc) is 2.75. The highest BCUT2D eigenvalue weighted by Gasteiger charge is 2.17. The van der Waals surface area contributed by atoms with E-state index in [0.29, 0.717) is 23.8 Å². The van der Waals surface area contributed by atoms with Crippen molar-refractivity contribution in [3.05, 3.63) is 0 Å². The molecule has 18 heavy (non-hydrogen) atoms. The zero-order valence-corrected chi connectivity index (χ0v) is 12.5. The van der Waals surface area contributed by atoms with Crippen molar-refractivity contribution in [3.63, 3.8) is 0 Å². The van der Waals surface area contributed by atoms with E-state index in [1.807, 2.05) is 0 Å². The first kappa shape index (κ1) is 15.5. The van der Waals surface area contributed by atoms with Gasteiger partial charge in [-0.1, -0.05) is 20.8 Å². The Hall–Kier alpha value is -0.570. The fourth-order valence-corrected chi connectivity index (χ4v) is 2.36. The molecule has 3 nitrogen and oxygen atoms in total. The second kappa shape index (κ2) is 7.13. The van der Waals surface area contributed by atoms with Crippen LogP contribution in [0.2, 0.25) is 0 Å². The lowest BCUT2D eigenvalue weighted by molar-refractivity contribution is -0.122. The molecule has 0 aromatic rings. The normalized spacial score (nSPS) is 21.9. The molecule has 0 radical (unpaired) electrons. The quantitative estimate of drug-likeness (QED) is 0.765. The molecule has 1 amide bonds. The minimum Gasteiger partial charge on any atom is -0.354 e. The molecule has 1 saturated heterocycles. The summed E-state index contributed by atoms with van der Waals surface area (Å²) in [6.07, 6.45) is 5.17. The third-order valence-electron chi connectivity index (χ3n) is 3.68. The molecule has 3 heteroatoms. The van der Waals surface area contributed by atoms with Gasteiger partial charge in [0.25, 0.3) is 0 Å². The van der Waals surface area contributed by atoms with Crippen LogP contribution in [0.25, 0.3) is 0 Å². The first-order valence-electron chi connectivity index (χ1n) is 7.37. The van der Waals surface area contributed by atoms with Crippen LogP contribution in [-0.4, -0.2) is 25.0 Å². The number of nitrogens with one attached hydrogen (secondary N) is 2. The van der Waals surface area contributed by atoms with Crippen LogP contribution in [0.1, 0.15) is 59.8 Å². The summed E-state index contributed by atoms with van der Waals surface area (Å²) in [6.45, 7) is 11.1. The molecule has 1 aliphatic rings. The predicted octanol–water partition coefficient (Wildman–Crippen LogP) is 2.71. The standard InChI is InChI=1S/C15H30N2O/c1-12(7-9-15(2,3)4)17-14(18)6-5-13-8-10-16-11-13/h12-13,16H,5-11H2,1-4H3,(H,17,18). The molecular weight excluding hydrogens is 224 g/mol. The first-order chi connectivity index (χ1) is 8.37. The van der Waals surface area contributed by atoms with E-state index in [0.717, 1.165) is 32.4 Å². The van der Waals surface area contributed by atoms with Crippen LogP contribution < -0.4 is 10.6 Å². The van der Waals surface area contributed by atoms with E-state index in [-0.39, 0.29) is 5.91 Å². The summed E-state index contributed by atoms with van der Waals surface area (Å²) >= 11 is 0. The summed E-state index contributed by atoms with van der Waals surface area (Å²) in [7, 11) is 0. The maximum Gasteiger partial charge on any atom is 0.220 e. The molecule has 0 spiro atoms. The smallest absolute Gasteiger partial charge is 0.220 e. The summed E-state index contributed by atoms with van der Waals surface area (Å²) in [5.74, 6) is 0.934. The molecule has 0 aromatic heterocycles. The Morgan fingerprint density at radius 3 is 2.72 bits per heavy atom. The molecule has 1 heterocycles. The van der Waals surface area contributed by atoms with E-state index in [1.54, 1.807) is 0 Å². The van der Waals surface area contributed by atoms with Crippen LogP contribution in [0.15, 0.2) is 0 Å². The number of carbonyl (C=O) groups excluding carboxylic acids is 1. The van der Waals surface area contributed by atoms with Gasteiger partial charge in [0.05, 0.1) is 0 Å². The number of hydrogen-bond acceptors (Lipinski definition) is 2. The lowest BCUT2D eigenvalue weighted by Crippen LogP contribution is -2.33. The summed E-state index contributed by atoms with van der Waals surface area (Å²) < 4.78 is 0. The Morgan fingerprint density at radius 2 is 2.17 bits per heavy atom. The Balaban J connectivity index is 2.10. The molecule has 0 saturated carbocycles. The number of amides is 1. The number of hydrogen-bond donors (Lipinski definition) is 2. The van der Waals surface area contributed by atoms with Crippen molar-refractivity contribution < 1.29 is 4.79 Å². The van der Waals surface area contributed by atoms with E-state index in [9.17, 15) is 4.79 Å². The SMILES string of the molecule is CC(CCC(C)(C)C)NC(=O)CCC1CCNC1. The Kier molecular flexibility index (Phi) is 6.13. The maximum atomic E-state index is 11.8. The number of rotatable bonds is 6. The summed E-state index contributed by atoms with van der Waals surface area (Å²) in [4.78, 5) is 11.8. The van der Waals surface area contributed by atoms with Crippen molar-refractivity contribution in [2.75, 3.05) is 13.1 Å². The van der Waals surface area contributed by atoms with Gasteiger partial charge in [-0.05, 0) is 57.0 Å². The van der Waals surface area contributed by atoms with Gasteiger partial charge < -0.3 is 10.6 Å². The van der Waals surface area contributed by atoms with E-state index in [4.69, 9.17) is 0 Å². The topological polar surface area (TPSA) is 41.1 Å². The summed E-state index contributed by atoms with van der Waals surface area (Å²) in [5, 5.41) is 6.46. The fourth-order valence-electron chi connectivity index (χ4n) is 2.36. The molecule has 0 bridgehead atoms. The van der Waals surface area contributed by atoms with Crippen molar-refractivity contribution in [1.82, 2.24) is 10.6 Å². The Labute approximate surface area is 112 Å². The van der Waals surface area contributed by atoms with E-state index in [1.165, 1.54) is 6.42 Å². The third-order valence-corrected chi connectivity index (χ3v) is 3.68. The molecule has 2 unspecified atom stereocenters. The van der Waals surface area contributed by atoms with E-state index in [2.05, 4.69) is 38.3 Å². The second-order valence-corrected chi connectivity index (χ2v) is 6.97. The van der Waals surface area contributed by atoms with Crippen molar-refractivity contribution in [2.24, 2.45) is 11.3 Å².